The molecule has 3 nitrogen and oxygen atoms in total. The Morgan fingerprint density at radius 3 is 2.21 bits per heavy atom. The van der Waals surface area contributed by atoms with E-state index < -0.39 is 15.7 Å². The maximum atomic E-state index is 13.4. The van der Waals surface area contributed by atoms with Crippen LogP contribution in [0.5, 0.6) is 0 Å². The molecule has 0 amide bonds. The lowest BCUT2D eigenvalue weighted by atomic mass is 9.97. The van der Waals surface area contributed by atoms with Crippen molar-refractivity contribution in [3.05, 3.63) is 96.3 Å². The summed E-state index contributed by atoms with van der Waals surface area (Å²) in [6.07, 6.45) is 0. The van der Waals surface area contributed by atoms with Crippen LogP contribution in [0.1, 0.15) is 5.56 Å². The van der Waals surface area contributed by atoms with Crippen LogP contribution >= 0.6 is 0 Å². The number of benzene rings is 4. The van der Waals surface area contributed by atoms with Gasteiger partial charge in [-0.05, 0) is 69.9 Å². The van der Waals surface area contributed by atoms with E-state index in [0.29, 0.717) is 5.56 Å². The van der Waals surface area contributed by atoms with Crippen molar-refractivity contribution in [1.82, 2.24) is 0 Å². The Kier molecular flexibility index (Phi) is 4.71. The van der Waals surface area contributed by atoms with Crippen molar-refractivity contribution in [3.63, 3.8) is 0 Å². The van der Waals surface area contributed by atoms with Gasteiger partial charge in [0, 0.05) is 0 Å². The average molecular weight is 392 g/mol. The third-order valence-electron chi connectivity index (χ3n) is 4.72. The molecule has 0 bridgehead atoms. The Labute approximate surface area is 162 Å². The first-order chi connectivity index (χ1) is 13.5. The van der Waals surface area contributed by atoms with E-state index in [4.69, 9.17) is 0 Å². The van der Waals surface area contributed by atoms with E-state index >= 15 is 0 Å². The third-order valence-corrected chi connectivity index (χ3v) is 6.49. The van der Waals surface area contributed by atoms with Crippen LogP contribution in [0.15, 0.2) is 94.7 Å². The van der Waals surface area contributed by atoms with Crippen LogP contribution in [0.3, 0.4) is 0 Å². The smallest absolute Gasteiger partial charge is 0.206 e. The molecule has 1 N–H and O–H groups in total. The van der Waals surface area contributed by atoms with Crippen molar-refractivity contribution in [2.24, 2.45) is 0 Å². The zero-order chi connectivity index (χ0) is 19.7. The summed E-state index contributed by atoms with van der Waals surface area (Å²) >= 11 is 0. The highest BCUT2D eigenvalue weighted by Crippen LogP contribution is 2.30. The van der Waals surface area contributed by atoms with Crippen LogP contribution in [0.2, 0.25) is 0 Å². The van der Waals surface area contributed by atoms with Gasteiger partial charge in [-0.1, -0.05) is 42.5 Å². The summed E-state index contributed by atoms with van der Waals surface area (Å²) < 4.78 is 39.1. The quantitative estimate of drug-likeness (QED) is 0.533. The van der Waals surface area contributed by atoms with E-state index in [1.807, 2.05) is 18.2 Å². The topological polar surface area (TPSA) is 54.4 Å². The highest BCUT2D eigenvalue weighted by atomic mass is 32.2. The number of aliphatic hydroxyl groups excluding tert-OH is 1. The first-order valence-corrected chi connectivity index (χ1v) is 10.2. The lowest BCUT2D eigenvalue weighted by Crippen LogP contribution is -2.01. The van der Waals surface area contributed by atoms with E-state index in [1.165, 1.54) is 12.1 Å². The summed E-state index contributed by atoms with van der Waals surface area (Å²) in [5, 5.41) is 11.2. The third kappa shape index (κ3) is 3.30. The molecule has 0 saturated heterocycles. The molecule has 28 heavy (non-hydrogen) atoms. The molecule has 5 heteroatoms. The number of fused-ring (bicyclic) bond motifs is 1. The van der Waals surface area contributed by atoms with Gasteiger partial charge in [0.1, 0.15) is 5.82 Å². The first-order valence-electron chi connectivity index (χ1n) is 8.73. The summed E-state index contributed by atoms with van der Waals surface area (Å²) in [7, 11) is -3.58. The lowest BCUT2D eigenvalue weighted by molar-refractivity contribution is 0.282. The summed E-state index contributed by atoms with van der Waals surface area (Å²) in [5.74, 6) is -0.399. The van der Waals surface area contributed by atoms with E-state index in [9.17, 15) is 17.9 Å². The maximum absolute atomic E-state index is 13.4. The van der Waals surface area contributed by atoms with Gasteiger partial charge in [0.15, 0.2) is 0 Å². The predicted octanol–water partition coefficient (Wildman–Crippen LogP) is 4.97. The first kappa shape index (κ1) is 18.3. The average Bonchev–Trinajstić information content (AvgIpc) is 2.73. The minimum absolute atomic E-state index is 0.233. The van der Waals surface area contributed by atoms with Crippen molar-refractivity contribution >= 4 is 20.6 Å². The normalized spacial score (nSPS) is 11.6. The van der Waals surface area contributed by atoms with Gasteiger partial charge in [-0.25, -0.2) is 12.8 Å². The summed E-state index contributed by atoms with van der Waals surface area (Å²) in [6.45, 7) is -0.264. The fraction of sp³-hybridized carbons (Fsp3) is 0.0435. The molecule has 0 saturated carbocycles. The minimum Gasteiger partial charge on any atom is -0.392 e. The monoisotopic (exact) mass is 392 g/mol. The van der Waals surface area contributed by atoms with Crippen molar-refractivity contribution in [2.45, 2.75) is 16.4 Å². The molecular weight excluding hydrogens is 375 g/mol. The van der Waals surface area contributed by atoms with E-state index in [1.54, 1.807) is 54.6 Å². The molecule has 0 heterocycles. The zero-order valence-corrected chi connectivity index (χ0v) is 15.7. The Morgan fingerprint density at radius 2 is 1.46 bits per heavy atom. The number of hydrogen-bond acceptors (Lipinski definition) is 3. The molecule has 0 aliphatic carbocycles. The summed E-state index contributed by atoms with van der Waals surface area (Å²) in [5.41, 5.74) is 2.07. The maximum Gasteiger partial charge on any atom is 0.206 e. The number of hydrogen-bond donors (Lipinski definition) is 1. The van der Waals surface area contributed by atoms with E-state index in [0.717, 1.165) is 21.9 Å². The Morgan fingerprint density at radius 1 is 0.750 bits per heavy atom. The van der Waals surface area contributed by atoms with Gasteiger partial charge < -0.3 is 5.11 Å². The van der Waals surface area contributed by atoms with Gasteiger partial charge in [0.25, 0.3) is 0 Å². The van der Waals surface area contributed by atoms with Crippen molar-refractivity contribution in [2.75, 3.05) is 0 Å². The van der Waals surface area contributed by atoms with Gasteiger partial charge >= 0.3 is 0 Å². The molecule has 4 rings (SSSR count). The molecule has 140 valence electrons. The second-order valence-electron chi connectivity index (χ2n) is 6.50. The Bertz CT molecular complexity index is 1270. The highest BCUT2D eigenvalue weighted by molar-refractivity contribution is 7.91. The second-order valence-corrected chi connectivity index (χ2v) is 8.45. The fourth-order valence-electron chi connectivity index (χ4n) is 3.27. The summed E-state index contributed by atoms with van der Waals surface area (Å²) in [6, 6.07) is 23.2. The van der Waals surface area contributed by atoms with Crippen molar-refractivity contribution < 1.29 is 17.9 Å². The van der Waals surface area contributed by atoms with Gasteiger partial charge in [0.2, 0.25) is 9.84 Å². The van der Waals surface area contributed by atoms with Gasteiger partial charge in [-0.15, -0.1) is 0 Å². The Hall–Kier alpha value is -3.02. The van der Waals surface area contributed by atoms with Gasteiger partial charge in [0.05, 0.1) is 16.4 Å². The molecule has 4 aromatic rings. The predicted molar refractivity (Wildman–Crippen MR) is 107 cm³/mol. The van der Waals surface area contributed by atoms with Crippen LogP contribution in [-0.2, 0) is 16.4 Å². The number of aliphatic hydroxyl groups is 1. The molecule has 0 atom stereocenters. The minimum atomic E-state index is -3.58. The Balaban J connectivity index is 1.79. The number of halogens is 1. The number of sulfone groups is 1. The van der Waals surface area contributed by atoms with Crippen LogP contribution in [0.4, 0.5) is 4.39 Å². The van der Waals surface area contributed by atoms with Crippen molar-refractivity contribution in [3.8, 4) is 11.1 Å². The van der Waals surface area contributed by atoms with Gasteiger partial charge in [-0.3, -0.25) is 0 Å². The molecule has 0 spiro atoms. The zero-order valence-electron chi connectivity index (χ0n) is 14.8. The van der Waals surface area contributed by atoms with E-state index in [2.05, 4.69) is 0 Å². The molecule has 0 radical (unpaired) electrons. The lowest BCUT2D eigenvalue weighted by Gasteiger charge is -2.10. The fourth-order valence-corrected chi connectivity index (χ4v) is 4.59. The molecule has 0 aromatic heterocycles. The molecular formula is C23H17FO3S. The van der Waals surface area contributed by atoms with Crippen LogP contribution in [0.25, 0.3) is 21.9 Å². The standard InChI is InChI=1S/C23H17FO3S/c24-20-9-11-23(19(13-20)15-25)18-7-6-17-14-22(10-8-16(17)12-18)28(26,27)21-4-2-1-3-5-21/h1-14,25H,15H2. The SMILES string of the molecule is O=S(=O)(c1ccccc1)c1ccc2cc(-c3ccc(F)cc3CO)ccc2c1. The van der Waals surface area contributed by atoms with Gasteiger partial charge in [-0.2, -0.15) is 0 Å². The number of rotatable bonds is 4. The van der Waals surface area contributed by atoms with Crippen LogP contribution in [0, 0.1) is 5.82 Å². The summed E-state index contributed by atoms with van der Waals surface area (Å²) in [4.78, 5) is 0.488. The molecule has 0 unspecified atom stereocenters. The highest BCUT2D eigenvalue weighted by Gasteiger charge is 2.17. The molecule has 0 aliphatic heterocycles. The molecule has 0 aliphatic rings. The largest absolute Gasteiger partial charge is 0.392 e. The van der Waals surface area contributed by atoms with Crippen LogP contribution in [-0.4, -0.2) is 13.5 Å². The van der Waals surface area contributed by atoms with E-state index in [-0.39, 0.29) is 16.4 Å². The second kappa shape index (κ2) is 7.19. The molecule has 4 aromatic carbocycles. The van der Waals surface area contributed by atoms with Crippen LogP contribution < -0.4 is 0 Å². The van der Waals surface area contributed by atoms with Crippen molar-refractivity contribution in [1.29, 1.82) is 0 Å². The molecule has 0 fully saturated rings.